The molecule has 0 aromatic heterocycles. The highest BCUT2D eigenvalue weighted by atomic mass is 35.5. The molecule has 0 saturated carbocycles. The van der Waals surface area contributed by atoms with Crippen molar-refractivity contribution < 1.29 is 4.79 Å². The summed E-state index contributed by atoms with van der Waals surface area (Å²) in [6, 6.07) is 5.17. The Morgan fingerprint density at radius 2 is 2.00 bits per heavy atom. The average molecular weight is 309 g/mol. The van der Waals surface area contributed by atoms with E-state index >= 15 is 0 Å². The first-order valence-corrected chi connectivity index (χ1v) is 7.09. The molecule has 2 nitrogen and oxygen atoms in total. The lowest BCUT2D eigenvalue weighted by Gasteiger charge is -2.27. The van der Waals surface area contributed by atoms with Crippen LogP contribution in [0.2, 0.25) is 10.0 Å². The van der Waals surface area contributed by atoms with Crippen LogP contribution in [-0.4, -0.2) is 29.3 Å². The molecule has 18 heavy (non-hydrogen) atoms. The third kappa shape index (κ3) is 3.78. The zero-order chi connectivity index (χ0) is 13.7. The van der Waals surface area contributed by atoms with Crippen molar-refractivity contribution in [2.24, 2.45) is 0 Å². The van der Waals surface area contributed by atoms with Gasteiger partial charge in [-0.1, -0.05) is 29.3 Å². The van der Waals surface area contributed by atoms with Crippen LogP contribution in [0.3, 0.4) is 0 Å². The number of alkyl halides is 1. The van der Waals surface area contributed by atoms with Gasteiger partial charge in [0.2, 0.25) is 0 Å². The molecule has 0 spiro atoms. The van der Waals surface area contributed by atoms with Gasteiger partial charge in [-0.15, -0.1) is 11.6 Å². The van der Waals surface area contributed by atoms with E-state index in [2.05, 4.69) is 0 Å². The lowest BCUT2D eigenvalue weighted by molar-refractivity contribution is 0.0706. The average Bonchev–Trinajstić information content (AvgIpc) is 2.32. The quantitative estimate of drug-likeness (QED) is 0.735. The van der Waals surface area contributed by atoms with Crippen molar-refractivity contribution in [2.75, 3.05) is 12.4 Å². The lowest BCUT2D eigenvalue weighted by atomic mass is 10.1. The summed E-state index contributed by atoms with van der Waals surface area (Å²) in [6.07, 6.45) is 0.754. The third-order valence-corrected chi connectivity index (χ3v) is 3.69. The van der Waals surface area contributed by atoms with Gasteiger partial charge in [-0.3, -0.25) is 4.79 Å². The number of halogens is 3. The van der Waals surface area contributed by atoms with E-state index in [4.69, 9.17) is 34.8 Å². The fraction of sp³-hybridized carbons (Fsp3) is 0.462. The highest BCUT2D eigenvalue weighted by Crippen LogP contribution is 2.27. The maximum atomic E-state index is 12.4. The van der Waals surface area contributed by atoms with E-state index in [1.54, 1.807) is 23.1 Å². The molecule has 0 radical (unpaired) electrons. The van der Waals surface area contributed by atoms with E-state index in [0.717, 1.165) is 6.42 Å². The van der Waals surface area contributed by atoms with Crippen LogP contribution in [0.1, 0.15) is 30.6 Å². The maximum absolute atomic E-state index is 12.4. The minimum atomic E-state index is -0.109. The summed E-state index contributed by atoms with van der Waals surface area (Å²) < 4.78 is 0. The van der Waals surface area contributed by atoms with Gasteiger partial charge in [-0.2, -0.15) is 0 Å². The largest absolute Gasteiger partial charge is 0.336 e. The molecule has 1 aromatic rings. The highest BCUT2D eigenvalue weighted by molar-refractivity contribution is 6.43. The summed E-state index contributed by atoms with van der Waals surface area (Å²) >= 11 is 17.7. The summed E-state index contributed by atoms with van der Waals surface area (Å²) in [5.41, 5.74) is 0.437. The molecule has 100 valence electrons. The van der Waals surface area contributed by atoms with Crippen molar-refractivity contribution in [1.29, 1.82) is 0 Å². The van der Waals surface area contributed by atoms with Gasteiger partial charge in [0.05, 0.1) is 15.6 Å². The molecule has 0 N–H and O–H groups in total. The summed E-state index contributed by atoms with van der Waals surface area (Å²) in [4.78, 5) is 14.2. The van der Waals surface area contributed by atoms with Crippen LogP contribution < -0.4 is 0 Å². The summed E-state index contributed by atoms with van der Waals surface area (Å²) in [5.74, 6) is 0.419. The van der Waals surface area contributed by atoms with Gasteiger partial charge < -0.3 is 4.90 Å². The van der Waals surface area contributed by atoms with E-state index in [9.17, 15) is 4.79 Å². The number of nitrogens with zero attached hydrogens (tertiary/aromatic N) is 1. The molecule has 0 unspecified atom stereocenters. The van der Waals surface area contributed by atoms with E-state index in [-0.39, 0.29) is 11.9 Å². The number of benzene rings is 1. The summed E-state index contributed by atoms with van der Waals surface area (Å²) in [6.45, 7) is 4.54. The number of carbonyl (C=O) groups excluding carboxylic acids is 1. The van der Waals surface area contributed by atoms with E-state index in [0.29, 0.717) is 28.0 Å². The fourth-order valence-electron chi connectivity index (χ4n) is 1.65. The minimum Gasteiger partial charge on any atom is -0.336 e. The molecule has 0 saturated heterocycles. The Kier molecular flexibility index (Phi) is 6.27. The molecular formula is C13H16Cl3NO. The Morgan fingerprint density at radius 3 is 2.56 bits per heavy atom. The topological polar surface area (TPSA) is 20.3 Å². The third-order valence-electron chi connectivity index (χ3n) is 2.60. The van der Waals surface area contributed by atoms with E-state index < -0.39 is 0 Å². The zero-order valence-corrected chi connectivity index (χ0v) is 12.7. The van der Waals surface area contributed by atoms with Gasteiger partial charge in [0.25, 0.3) is 5.91 Å². The van der Waals surface area contributed by atoms with Crippen molar-refractivity contribution in [3.63, 3.8) is 0 Å². The highest BCUT2D eigenvalue weighted by Gasteiger charge is 2.21. The second-order valence-corrected chi connectivity index (χ2v) is 5.40. The van der Waals surface area contributed by atoms with Gasteiger partial charge >= 0.3 is 0 Å². The molecule has 0 aliphatic carbocycles. The van der Waals surface area contributed by atoms with Gasteiger partial charge in [-0.05, 0) is 32.4 Å². The normalized spacial score (nSPS) is 10.8. The van der Waals surface area contributed by atoms with Crippen LogP contribution in [0.25, 0.3) is 0 Å². The van der Waals surface area contributed by atoms with Crippen LogP contribution in [0.5, 0.6) is 0 Å². The molecule has 0 fully saturated rings. The van der Waals surface area contributed by atoms with Crippen LogP contribution in [0, 0.1) is 0 Å². The van der Waals surface area contributed by atoms with Gasteiger partial charge in [-0.25, -0.2) is 0 Å². The molecule has 1 rings (SSSR count). The Labute approximate surface area is 123 Å². The van der Waals surface area contributed by atoms with Gasteiger partial charge in [0.15, 0.2) is 0 Å². The molecule has 0 aliphatic rings. The first kappa shape index (κ1) is 15.6. The standard InChI is InChI=1S/C13H16Cl3NO/c1-9(2)17(8-4-7-14)13(18)10-5-3-6-11(15)12(10)16/h3,5-6,9H,4,7-8H2,1-2H3. The maximum Gasteiger partial charge on any atom is 0.255 e. The Balaban J connectivity index is 2.98. The number of carbonyl (C=O) groups is 1. The molecular weight excluding hydrogens is 293 g/mol. The van der Waals surface area contributed by atoms with Gasteiger partial charge in [0.1, 0.15) is 0 Å². The van der Waals surface area contributed by atoms with Crippen molar-refractivity contribution in [3.05, 3.63) is 33.8 Å². The molecule has 1 amide bonds. The SMILES string of the molecule is CC(C)N(CCCCl)C(=O)c1cccc(Cl)c1Cl. The summed E-state index contributed by atoms with van der Waals surface area (Å²) in [7, 11) is 0. The predicted octanol–water partition coefficient (Wildman–Crippen LogP) is 4.47. The predicted molar refractivity (Wildman–Crippen MR) is 78.0 cm³/mol. The van der Waals surface area contributed by atoms with Crippen molar-refractivity contribution in [3.8, 4) is 0 Å². The zero-order valence-electron chi connectivity index (χ0n) is 10.4. The van der Waals surface area contributed by atoms with E-state index in [1.165, 1.54) is 0 Å². The number of hydrogen-bond donors (Lipinski definition) is 0. The minimum absolute atomic E-state index is 0.0933. The van der Waals surface area contributed by atoms with Gasteiger partial charge in [0, 0.05) is 18.5 Å². The molecule has 0 bridgehead atoms. The van der Waals surface area contributed by atoms with E-state index in [1.807, 2.05) is 13.8 Å². The fourth-order valence-corrected chi connectivity index (χ4v) is 2.15. The molecule has 0 heterocycles. The van der Waals surface area contributed by atoms with Crippen molar-refractivity contribution >= 4 is 40.7 Å². The number of rotatable bonds is 5. The Morgan fingerprint density at radius 1 is 1.33 bits per heavy atom. The van der Waals surface area contributed by atoms with Crippen LogP contribution >= 0.6 is 34.8 Å². The second-order valence-electron chi connectivity index (χ2n) is 4.24. The smallest absolute Gasteiger partial charge is 0.255 e. The first-order chi connectivity index (χ1) is 8.49. The first-order valence-electron chi connectivity index (χ1n) is 5.80. The number of hydrogen-bond acceptors (Lipinski definition) is 1. The van der Waals surface area contributed by atoms with Crippen molar-refractivity contribution in [1.82, 2.24) is 4.90 Å². The number of amides is 1. The second kappa shape index (κ2) is 7.22. The Hall–Kier alpha value is -0.440. The molecule has 0 aliphatic heterocycles. The lowest BCUT2D eigenvalue weighted by Crippen LogP contribution is -2.38. The van der Waals surface area contributed by atoms with Crippen molar-refractivity contribution in [2.45, 2.75) is 26.3 Å². The molecule has 1 aromatic carbocycles. The summed E-state index contributed by atoms with van der Waals surface area (Å²) in [5, 5.41) is 0.698. The monoisotopic (exact) mass is 307 g/mol. The van der Waals surface area contributed by atoms with Crippen LogP contribution in [-0.2, 0) is 0 Å². The molecule has 0 atom stereocenters. The Bertz CT molecular complexity index is 421. The van der Waals surface area contributed by atoms with Crippen LogP contribution in [0.15, 0.2) is 18.2 Å². The van der Waals surface area contributed by atoms with Crippen LogP contribution in [0.4, 0.5) is 0 Å². The molecule has 5 heteroatoms.